The molecule has 0 aliphatic carbocycles. The minimum Gasteiger partial charge on any atom is -0.493 e. The van der Waals surface area contributed by atoms with Gasteiger partial charge in [-0.1, -0.05) is 23.7 Å². The maximum Gasteiger partial charge on any atom is 0.263 e. The number of halogens is 1. The van der Waals surface area contributed by atoms with Crippen LogP contribution in [0.15, 0.2) is 42.5 Å². The number of carbonyl (C=O) groups is 1. The monoisotopic (exact) mass is 402 g/mol. The number of nitrogens with one attached hydrogen (secondary N) is 1. The lowest BCUT2D eigenvalue weighted by molar-refractivity contribution is 0.0954. The van der Waals surface area contributed by atoms with Crippen molar-refractivity contribution in [2.75, 3.05) is 14.2 Å². The van der Waals surface area contributed by atoms with Gasteiger partial charge in [-0.05, 0) is 42.8 Å². The Labute approximate surface area is 166 Å². The van der Waals surface area contributed by atoms with Gasteiger partial charge < -0.3 is 14.8 Å². The first kappa shape index (κ1) is 19.2. The minimum absolute atomic E-state index is 0.156. The molecule has 27 heavy (non-hydrogen) atoms. The van der Waals surface area contributed by atoms with E-state index in [0.29, 0.717) is 33.6 Å². The molecular formula is C20H19ClN2O3S. The molecule has 3 aromatic rings. The normalized spacial score (nSPS) is 10.5. The number of hydrogen-bond acceptors (Lipinski definition) is 5. The van der Waals surface area contributed by atoms with E-state index in [4.69, 9.17) is 21.1 Å². The number of methoxy groups -OCH3 is 2. The first-order valence-corrected chi connectivity index (χ1v) is 9.43. The highest BCUT2D eigenvalue weighted by Gasteiger charge is 2.17. The standard InChI is InChI=1S/C20H19ClN2O3S/c1-12-18(19(24)22-11-13-5-4-6-15(21)9-13)27-20(23-12)14-7-8-16(25-2)17(10-14)26-3/h4-10H,11H2,1-3H3,(H,22,24). The molecule has 1 N–H and O–H groups in total. The fourth-order valence-electron chi connectivity index (χ4n) is 2.61. The summed E-state index contributed by atoms with van der Waals surface area (Å²) in [6, 6.07) is 13.0. The number of thiazole rings is 1. The fourth-order valence-corrected chi connectivity index (χ4v) is 3.80. The predicted octanol–water partition coefficient (Wildman–Crippen LogP) is 4.72. The van der Waals surface area contributed by atoms with E-state index >= 15 is 0 Å². The van der Waals surface area contributed by atoms with E-state index in [2.05, 4.69) is 10.3 Å². The summed E-state index contributed by atoms with van der Waals surface area (Å²) < 4.78 is 10.6. The molecule has 0 aliphatic rings. The van der Waals surface area contributed by atoms with E-state index in [1.807, 2.05) is 43.3 Å². The number of hydrogen-bond donors (Lipinski definition) is 1. The molecule has 0 saturated carbocycles. The minimum atomic E-state index is -0.156. The number of amides is 1. The van der Waals surface area contributed by atoms with Crippen molar-refractivity contribution in [3.05, 3.63) is 63.6 Å². The predicted molar refractivity (Wildman–Crippen MR) is 108 cm³/mol. The summed E-state index contributed by atoms with van der Waals surface area (Å²) >= 11 is 7.33. The summed E-state index contributed by atoms with van der Waals surface area (Å²) in [4.78, 5) is 17.7. The van der Waals surface area contributed by atoms with Crippen LogP contribution in [0.25, 0.3) is 10.6 Å². The first-order chi connectivity index (χ1) is 13.0. The van der Waals surface area contributed by atoms with Gasteiger partial charge in [0.1, 0.15) is 9.88 Å². The van der Waals surface area contributed by atoms with Gasteiger partial charge in [0.25, 0.3) is 5.91 Å². The van der Waals surface area contributed by atoms with E-state index in [-0.39, 0.29) is 5.91 Å². The third-order valence-corrected chi connectivity index (χ3v) is 5.42. The van der Waals surface area contributed by atoms with E-state index in [0.717, 1.165) is 16.1 Å². The molecule has 3 rings (SSSR count). The Morgan fingerprint density at radius 1 is 1.15 bits per heavy atom. The molecular weight excluding hydrogens is 384 g/mol. The van der Waals surface area contributed by atoms with E-state index in [9.17, 15) is 4.79 Å². The van der Waals surface area contributed by atoms with Crippen molar-refractivity contribution < 1.29 is 14.3 Å². The molecule has 5 nitrogen and oxygen atoms in total. The summed E-state index contributed by atoms with van der Waals surface area (Å²) in [5, 5.41) is 4.31. The number of nitrogens with zero attached hydrogens (tertiary/aromatic N) is 1. The lowest BCUT2D eigenvalue weighted by Crippen LogP contribution is -2.22. The number of benzene rings is 2. The Kier molecular flexibility index (Phi) is 5.98. The number of carbonyl (C=O) groups excluding carboxylic acids is 1. The Balaban J connectivity index is 1.78. The Morgan fingerprint density at radius 3 is 2.63 bits per heavy atom. The second kappa shape index (κ2) is 8.41. The van der Waals surface area contributed by atoms with Crippen LogP contribution in [0.3, 0.4) is 0 Å². The maximum atomic E-state index is 12.6. The van der Waals surface area contributed by atoms with E-state index < -0.39 is 0 Å². The molecule has 0 bridgehead atoms. The van der Waals surface area contributed by atoms with Crippen molar-refractivity contribution in [3.8, 4) is 22.1 Å². The molecule has 0 unspecified atom stereocenters. The molecule has 1 amide bonds. The molecule has 0 spiro atoms. The van der Waals surface area contributed by atoms with Crippen molar-refractivity contribution in [1.29, 1.82) is 0 Å². The fraction of sp³-hybridized carbons (Fsp3) is 0.200. The Hall–Kier alpha value is -2.57. The Morgan fingerprint density at radius 2 is 1.93 bits per heavy atom. The van der Waals surface area contributed by atoms with E-state index in [1.165, 1.54) is 11.3 Å². The molecule has 2 aromatic carbocycles. The molecule has 1 aromatic heterocycles. The van der Waals surface area contributed by atoms with Crippen molar-refractivity contribution in [2.24, 2.45) is 0 Å². The molecule has 0 aliphatic heterocycles. The van der Waals surface area contributed by atoms with Crippen molar-refractivity contribution in [1.82, 2.24) is 10.3 Å². The quantitative estimate of drug-likeness (QED) is 0.648. The van der Waals surface area contributed by atoms with Crippen LogP contribution in [0, 0.1) is 6.92 Å². The smallest absolute Gasteiger partial charge is 0.263 e. The summed E-state index contributed by atoms with van der Waals surface area (Å²) in [5.74, 6) is 1.11. The molecule has 1 heterocycles. The number of ether oxygens (including phenoxy) is 2. The van der Waals surface area contributed by atoms with Crippen molar-refractivity contribution in [2.45, 2.75) is 13.5 Å². The second-order valence-corrected chi connectivity index (χ2v) is 7.25. The van der Waals surface area contributed by atoms with Gasteiger partial charge in [-0.25, -0.2) is 4.98 Å². The van der Waals surface area contributed by atoms with Crippen LogP contribution in [-0.2, 0) is 6.54 Å². The van der Waals surface area contributed by atoms with Crippen LogP contribution in [0.5, 0.6) is 11.5 Å². The van der Waals surface area contributed by atoms with Gasteiger partial charge in [-0.15, -0.1) is 11.3 Å². The topological polar surface area (TPSA) is 60.5 Å². The number of aromatic nitrogens is 1. The molecule has 0 saturated heterocycles. The molecule has 140 valence electrons. The summed E-state index contributed by atoms with van der Waals surface area (Å²) in [5.41, 5.74) is 2.50. The van der Waals surface area contributed by atoms with Gasteiger partial charge in [0, 0.05) is 17.1 Å². The molecule has 0 radical (unpaired) electrons. The summed E-state index contributed by atoms with van der Waals surface area (Å²) in [6.45, 7) is 2.23. The molecule has 7 heteroatoms. The number of rotatable bonds is 6. The average Bonchev–Trinajstić information content (AvgIpc) is 3.07. The third kappa shape index (κ3) is 4.40. The summed E-state index contributed by atoms with van der Waals surface area (Å²) in [7, 11) is 3.18. The van der Waals surface area contributed by atoms with Crippen LogP contribution >= 0.6 is 22.9 Å². The first-order valence-electron chi connectivity index (χ1n) is 8.24. The van der Waals surface area contributed by atoms with Crippen LogP contribution in [0.2, 0.25) is 5.02 Å². The highest BCUT2D eigenvalue weighted by atomic mass is 35.5. The zero-order valence-electron chi connectivity index (χ0n) is 15.2. The van der Waals surface area contributed by atoms with E-state index in [1.54, 1.807) is 20.3 Å². The SMILES string of the molecule is COc1ccc(-c2nc(C)c(C(=O)NCc3cccc(Cl)c3)s2)cc1OC. The lowest BCUT2D eigenvalue weighted by Gasteiger charge is -2.08. The van der Waals surface area contributed by atoms with Gasteiger partial charge in [-0.3, -0.25) is 4.79 Å². The van der Waals surface area contributed by atoms with Gasteiger partial charge in [0.15, 0.2) is 11.5 Å². The Bertz CT molecular complexity index is 972. The van der Waals surface area contributed by atoms with Crippen molar-refractivity contribution in [3.63, 3.8) is 0 Å². The summed E-state index contributed by atoms with van der Waals surface area (Å²) in [6.07, 6.45) is 0. The van der Waals surface area contributed by atoms with Gasteiger partial charge in [0.05, 0.1) is 19.9 Å². The zero-order valence-corrected chi connectivity index (χ0v) is 16.8. The third-order valence-electron chi connectivity index (χ3n) is 3.98. The number of aryl methyl sites for hydroxylation is 1. The van der Waals surface area contributed by atoms with Crippen molar-refractivity contribution >= 4 is 28.8 Å². The largest absolute Gasteiger partial charge is 0.493 e. The van der Waals surface area contributed by atoms with Crippen LogP contribution in [0.4, 0.5) is 0 Å². The molecule has 0 fully saturated rings. The highest BCUT2D eigenvalue weighted by Crippen LogP contribution is 2.35. The maximum absolute atomic E-state index is 12.6. The molecule has 0 atom stereocenters. The van der Waals surface area contributed by atoms with Gasteiger partial charge in [-0.2, -0.15) is 0 Å². The lowest BCUT2D eigenvalue weighted by atomic mass is 10.2. The average molecular weight is 403 g/mol. The van der Waals surface area contributed by atoms with Crippen LogP contribution in [-0.4, -0.2) is 25.1 Å². The highest BCUT2D eigenvalue weighted by molar-refractivity contribution is 7.17. The van der Waals surface area contributed by atoms with Gasteiger partial charge >= 0.3 is 0 Å². The second-order valence-electron chi connectivity index (χ2n) is 5.82. The van der Waals surface area contributed by atoms with Gasteiger partial charge in [0.2, 0.25) is 0 Å². The zero-order chi connectivity index (χ0) is 19.4. The van der Waals surface area contributed by atoms with Crippen LogP contribution < -0.4 is 14.8 Å². The van der Waals surface area contributed by atoms with Crippen LogP contribution in [0.1, 0.15) is 20.9 Å².